The van der Waals surface area contributed by atoms with Crippen LogP contribution in [0.1, 0.15) is 22.6 Å². The van der Waals surface area contributed by atoms with Gasteiger partial charge >= 0.3 is 0 Å². The van der Waals surface area contributed by atoms with Crippen LogP contribution in [0, 0.1) is 6.92 Å². The molecule has 1 heterocycles. The summed E-state index contributed by atoms with van der Waals surface area (Å²) in [5.41, 5.74) is 6.85. The molecule has 1 unspecified atom stereocenters. The third kappa shape index (κ3) is 3.83. The number of hydrogen-bond acceptors (Lipinski definition) is 4. The zero-order chi connectivity index (χ0) is 12.8. The van der Waals surface area contributed by atoms with Crippen LogP contribution < -0.4 is 11.1 Å². The van der Waals surface area contributed by atoms with Crippen molar-refractivity contribution in [2.75, 3.05) is 20.3 Å². The first kappa shape index (κ1) is 13.7. The van der Waals surface area contributed by atoms with Crippen LogP contribution in [0.25, 0.3) is 0 Å². The molecular formula is C11H20N4O2. The molecule has 6 heteroatoms. The Kier molecular flexibility index (Phi) is 5.11. The minimum absolute atomic E-state index is 0.0623. The monoisotopic (exact) mass is 240 g/mol. The molecular weight excluding hydrogens is 220 g/mol. The van der Waals surface area contributed by atoms with Crippen LogP contribution in [0.15, 0.2) is 6.07 Å². The van der Waals surface area contributed by atoms with Gasteiger partial charge in [-0.25, -0.2) is 0 Å². The van der Waals surface area contributed by atoms with Crippen molar-refractivity contribution in [2.45, 2.75) is 19.4 Å². The SMILES string of the molecule is COCC(CCN)NC(=O)c1cc(C)nn1C. The molecule has 0 spiro atoms. The van der Waals surface area contributed by atoms with Crippen LogP contribution in [-0.4, -0.2) is 42.0 Å². The van der Waals surface area contributed by atoms with Gasteiger partial charge in [-0.1, -0.05) is 0 Å². The summed E-state index contributed by atoms with van der Waals surface area (Å²) in [5.74, 6) is -0.149. The second kappa shape index (κ2) is 6.36. The molecule has 1 amide bonds. The molecule has 0 bridgehead atoms. The smallest absolute Gasteiger partial charge is 0.269 e. The lowest BCUT2D eigenvalue weighted by atomic mass is 10.2. The van der Waals surface area contributed by atoms with Gasteiger partial charge < -0.3 is 15.8 Å². The van der Waals surface area contributed by atoms with Gasteiger partial charge in [-0.05, 0) is 26.0 Å². The quantitative estimate of drug-likeness (QED) is 0.723. The predicted octanol–water partition coefficient (Wildman–Crippen LogP) is -0.178. The first-order valence-electron chi connectivity index (χ1n) is 5.59. The lowest BCUT2D eigenvalue weighted by Gasteiger charge is -2.16. The molecule has 0 aliphatic carbocycles. The van der Waals surface area contributed by atoms with Crippen LogP contribution >= 0.6 is 0 Å². The Morgan fingerprint density at radius 3 is 2.88 bits per heavy atom. The Morgan fingerprint density at radius 2 is 2.41 bits per heavy atom. The van der Waals surface area contributed by atoms with Crippen LogP contribution in [0.5, 0.6) is 0 Å². The summed E-state index contributed by atoms with van der Waals surface area (Å²) in [6.07, 6.45) is 0.691. The summed E-state index contributed by atoms with van der Waals surface area (Å²) in [5, 5.41) is 7.02. The second-order valence-electron chi connectivity index (χ2n) is 4.00. The van der Waals surface area contributed by atoms with E-state index >= 15 is 0 Å². The summed E-state index contributed by atoms with van der Waals surface area (Å²) >= 11 is 0. The second-order valence-corrected chi connectivity index (χ2v) is 4.00. The molecule has 0 saturated heterocycles. The summed E-state index contributed by atoms with van der Waals surface area (Å²) in [6.45, 7) is 2.82. The van der Waals surface area contributed by atoms with Gasteiger partial charge in [0.05, 0.1) is 18.3 Å². The maximum absolute atomic E-state index is 12.0. The molecule has 17 heavy (non-hydrogen) atoms. The zero-order valence-corrected chi connectivity index (χ0v) is 10.6. The standard InChI is InChI=1S/C11H20N4O2/c1-8-6-10(15(2)14-8)11(16)13-9(4-5-12)7-17-3/h6,9H,4-5,7,12H2,1-3H3,(H,13,16). The van der Waals surface area contributed by atoms with Gasteiger partial charge in [0.15, 0.2) is 0 Å². The molecule has 0 saturated carbocycles. The van der Waals surface area contributed by atoms with Crippen molar-refractivity contribution in [2.24, 2.45) is 12.8 Å². The highest BCUT2D eigenvalue weighted by molar-refractivity contribution is 5.92. The number of carbonyl (C=O) groups excluding carboxylic acids is 1. The number of nitrogens with two attached hydrogens (primary N) is 1. The predicted molar refractivity (Wildman–Crippen MR) is 64.7 cm³/mol. The van der Waals surface area contributed by atoms with Crippen molar-refractivity contribution in [3.63, 3.8) is 0 Å². The van der Waals surface area contributed by atoms with Gasteiger partial charge in [-0.2, -0.15) is 5.10 Å². The fourth-order valence-corrected chi connectivity index (χ4v) is 1.68. The maximum atomic E-state index is 12.0. The molecule has 1 rings (SSSR count). The van der Waals surface area contributed by atoms with Crippen LogP contribution in [0.4, 0.5) is 0 Å². The van der Waals surface area contributed by atoms with Gasteiger partial charge in [0.25, 0.3) is 5.91 Å². The molecule has 3 N–H and O–H groups in total. The summed E-state index contributed by atoms with van der Waals surface area (Å²) in [6, 6.07) is 1.69. The van der Waals surface area contributed by atoms with Gasteiger partial charge in [0, 0.05) is 14.2 Å². The number of amides is 1. The summed E-state index contributed by atoms with van der Waals surface area (Å²) in [7, 11) is 3.35. The van der Waals surface area contributed by atoms with Crippen LogP contribution in [0.2, 0.25) is 0 Å². The number of aryl methyl sites for hydroxylation is 2. The van der Waals surface area contributed by atoms with E-state index in [0.29, 0.717) is 25.3 Å². The lowest BCUT2D eigenvalue weighted by molar-refractivity contribution is 0.0884. The number of ether oxygens (including phenoxy) is 1. The van der Waals surface area contributed by atoms with Gasteiger partial charge in [-0.15, -0.1) is 0 Å². The van der Waals surface area contributed by atoms with E-state index in [9.17, 15) is 4.79 Å². The molecule has 0 radical (unpaired) electrons. The number of carbonyl (C=O) groups is 1. The summed E-state index contributed by atoms with van der Waals surface area (Å²) < 4.78 is 6.60. The topological polar surface area (TPSA) is 82.2 Å². The Hall–Kier alpha value is -1.40. The fourth-order valence-electron chi connectivity index (χ4n) is 1.68. The number of rotatable bonds is 6. The molecule has 1 aromatic heterocycles. The third-order valence-electron chi connectivity index (χ3n) is 2.45. The first-order chi connectivity index (χ1) is 8.08. The fraction of sp³-hybridized carbons (Fsp3) is 0.636. The van der Waals surface area contributed by atoms with Crippen LogP contribution in [0.3, 0.4) is 0 Å². The van der Waals surface area contributed by atoms with Gasteiger partial charge in [0.2, 0.25) is 0 Å². The number of nitrogens with one attached hydrogen (secondary N) is 1. The molecule has 0 aromatic carbocycles. The molecule has 1 aromatic rings. The Bertz CT molecular complexity index is 370. The van der Waals surface area contributed by atoms with E-state index in [4.69, 9.17) is 10.5 Å². The minimum atomic E-state index is -0.149. The van der Waals surface area contributed by atoms with E-state index in [1.165, 1.54) is 0 Å². The highest BCUT2D eigenvalue weighted by Gasteiger charge is 2.16. The first-order valence-corrected chi connectivity index (χ1v) is 5.59. The average molecular weight is 240 g/mol. The van der Waals surface area contributed by atoms with Crippen molar-refractivity contribution >= 4 is 5.91 Å². The third-order valence-corrected chi connectivity index (χ3v) is 2.45. The highest BCUT2D eigenvalue weighted by Crippen LogP contribution is 2.03. The van der Waals surface area contributed by atoms with Crippen molar-refractivity contribution in [3.05, 3.63) is 17.5 Å². The van der Waals surface area contributed by atoms with Crippen LogP contribution in [-0.2, 0) is 11.8 Å². The van der Waals surface area contributed by atoms with Crippen molar-refractivity contribution in [1.82, 2.24) is 15.1 Å². The normalized spacial score (nSPS) is 12.5. The Morgan fingerprint density at radius 1 is 1.71 bits per heavy atom. The number of hydrogen-bond donors (Lipinski definition) is 2. The van der Waals surface area contributed by atoms with Crippen molar-refractivity contribution in [1.29, 1.82) is 0 Å². The lowest BCUT2D eigenvalue weighted by Crippen LogP contribution is -2.40. The van der Waals surface area contributed by atoms with E-state index < -0.39 is 0 Å². The Labute approximate surface area is 101 Å². The van der Waals surface area contributed by atoms with Crippen molar-refractivity contribution < 1.29 is 9.53 Å². The van der Waals surface area contributed by atoms with Crippen molar-refractivity contribution in [3.8, 4) is 0 Å². The summed E-state index contributed by atoms with van der Waals surface area (Å²) in [4.78, 5) is 12.0. The largest absolute Gasteiger partial charge is 0.383 e. The van der Waals surface area contributed by atoms with Gasteiger partial charge in [0.1, 0.15) is 5.69 Å². The number of aromatic nitrogens is 2. The molecule has 0 aliphatic heterocycles. The van der Waals surface area contributed by atoms with E-state index in [-0.39, 0.29) is 11.9 Å². The van der Waals surface area contributed by atoms with E-state index in [2.05, 4.69) is 10.4 Å². The van der Waals surface area contributed by atoms with E-state index in [1.54, 1.807) is 24.9 Å². The zero-order valence-electron chi connectivity index (χ0n) is 10.6. The average Bonchev–Trinajstić information content (AvgIpc) is 2.58. The molecule has 1 atom stereocenters. The molecule has 6 nitrogen and oxygen atoms in total. The van der Waals surface area contributed by atoms with E-state index in [0.717, 1.165) is 5.69 Å². The number of nitrogens with zero attached hydrogens (tertiary/aromatic N) is 2. The van der Waals surface area contributed by atoms with E-state index in [1.807, 2.05) is 6.92 Å². The van der Waals surface area contributed by atoms with Gasteiger partial charge in [-0.3, -0.25) is 9.48 Å². The highest BCUT2D eigenvalue weighted by atomic mass is 16.5. The molecule has 0 fully saturated rings. The maximum Gasteiger partial charge on any atom is 0.269 e. The number of methoxy groups -OCH3 is 1. The minimum Gasteiger partial charge on any atom is -0.383 e. The Balaban J connectivity index is 2.66. The molecule has 96 valence electrons. The molecule has 0 aliphatic rings.